The third-order valence-corrected chi connectivity index (χ3v) is 7.97. The molecule has 0 saturated heterocycles. The molecule has 0 spiro atoms. The lowest BCUT2D eigenvalue weighted by atomic mass is 10.1. The number of ether oxygens (including phenoxy) is 1. The van der Waals surface area contributed by atoms with Crippen LogP contribution < -0.4 is 11.1 Å². The van der Waals surface area contributed by atoms with E-state index in [9.17, 15) is 14.4 Å². The average molecular weight is 520 g/mol. The molecular weight excluding hydrogens is 494 g/mol. The van der Waals surface area contributed by atoms with Gasteiger partial charge in [-0.05, 0) is 25.0 Å². The van der Waals surface area contributed by atoms with Crippen LogP contribution in [0, 0.1) is 6.92 Å². The summed E-state index contributed by atoms with van der Waals surface area (Å²) in [6.07, 6.45) is 3.83. The highest BCUT2D eigenvalue weighted by Gasteiger charge is 2.25. The molecule has 0 aromatic carbocycles. The summed E-state index contributed by atoms with van der Waals surface area (Å²) in [5.74, 6) is -0.971. The summed E-state index contributed by atoms with van der Waals surface area (Å²) in [6.45, 7) is 8.03. The van der Waals surface area contributed by atoms with E-state index in [-0.39, 0.29) is 27.1 Å². The van der Waals surface area contributed by atoms with Crippen molar-refractivity contribution in [3.63, 3.8) is 0 Å². The number of aryl methyl sites for hydroxylation is 1. The molecule has 0 radical (unpaired) electrons. The summed E-state index contributed by atoms with van der Waals surface area (Å²) in [5, 5.41) is 14.1. The van der Waals surface area contributed by atoms with Crippen LogP contribution in [-0.4, -0.2) is 45.4 Å². The zero-order chi connectivity index (χ0) is 24.8. The van der Waals surface area contributed by atoms with Gasteiger partial charge in [0, 0.05) is 22.4 Å². The molecule has 0 saturated carbocycles. The number of carbonyl (C=O) groups excluding carboxylic acids is 3. The van der Waals surface area contributed by atoms with Gasteiger partial charge in [0.05, 0.1) is 23.3 Å². The van der Waals surface area contributed by atoms with Gasteiger partial charge in [-0.15, -0.1) is 39.4 Å². The number of hydrogen-bond donors (Lipinski definition) is 2. The lowest BCUT2D eigenvalue weighted by Gasteiger charge is -2.08. The van der Waals surface area contributed by atoms with Crippen LogP contribution in [0.4, 0.5) is 5.00 Å². The highest BCUT2D eigenvalue weighted by Crippen LogP contribution is 2.34. The monoisotopic (exact) mass is 519 g/mol. The number of thioether (sulfide) groups is 1. The molecule has 34 heavy (non-hydrogen) atoms. The number of anilines is 1. The van der Waals surface area contributed by atoms with Crippen LogP contribution in [0.25, 0.3) is 11.4 Å². The van der Waals surface area contributed by atoms with Crippen molar-refractivity contribution in [2.45, 2.75) is 38.4 Å². The standard InChI is InChI=1S/C22H25N5O4S3/c1-5-7-14-9-13(10-32-14)19-25-26-22(27(19)8-6-2)33-11-15(28)24-20-16(21(30)31-4)12(3)17(34-20)18(23)29/h6,9-10H,2,5,7-8,11H2,1,3-4H3,(H2,23,29)(H,24,28). The number of aromatic nitrogens is 3. The highest BCUT2D eigenvalue weighted by molar-refractivity contribution is 7.99. The van der Waals surface area contributed by atoms with Crippen LogP contribution in [0.5, 0.6) is 0 Å². The number of primary amides is 1. The molecule has 3 aromatic rings. The molecule has 2 amide bonds. The lowest BCUT2D eigenvalue weighted by molar-refractivity contribution is -0.113. The van der Waals surface area contributed by atoms with Crippen LogP contribution in [0.15, 0.2) is 29.3 Å². The van der Waals surface area contributed by atoms with E-state index in [2.05, 4.69) is 40.5 Å². The first-order valence-corrected chi connectivity index (χ1v) is 13.0. The topological polar surface area (TPSA) is 129 Å². The number of thiophene rings is 2. The zero-order valence-corrected chi connectivity index (χ0v) is 21.5. The number of esters is 1. The van der Waals surface area contributed by atoms with E-state index in [0.29, 0.717) is 17.3 Å². The van der Waals surface area contributed by atoms with Crippen molar-refractivity contribution < 1.29 is 19.1 Å². The van der Waals surface area contributed by atoms with Crippen molar-refractivity contribution in [1.82, 2.24) is 14.8 Å². The van der Waals surface area contributed by atoms with E-state index in [0.717, 1.165) is 35.6 Å². The van der Waals surface area contributed by atoms with E-state index in [4.69, 9.17) is 10.5 Å². The van der Waals surface area contributed by atoms with E-state index in [1.807, 2.05) is 4.57 Å². The Morgan fingerprint density at radius 2 is 2.12 bits per heavy atom. The summed E-state index contributed by atoms with van der Waals surface area (Å²) in [7, 11) is 1.23. The van der Waals surface area contributed by atoms with Crippen LogP contribution in [0.3, 0.4) is 0 Å². The van der Waals surface area contributed by atoms with Gasteiger partial charge < -0.3 is 15.8 Å². The first-order chi connectivity index (χ1) is 16.3. The zero-order valence-electron chi connectivity index (χ0n) is 19.0. The van der Waals surface area contributed by atoms with Crippen LogP contribution in [-0.2, 0) is 22.5 Å². The molecular formula is C22H25N5O4S3. The second kappa shape index (κ2) is 11.4. The first-order valence-electron chi connectivity index (χ1n) is 10.4. The van der Waals surface area contributed by atoms with Crippen molar-refractivity contribution in [2.24, 2.45) is 5.73 Å². The Morgan fingerprint density at radius 3 is 2.76 bits per heavy atom. The number of nitrogens with zero attached hydrogens (tertiary/aromatic N) is 3. The van der Waals surface area contributed by atoms with Gasteiger partial charge in [-0.3, -0.25) is 14.2 Å². The number of nitrogens with two attached hydrogens (primary N) is 1. The summed E-state index contributed by atoms with van der Waals surface area (Å²) in [6, 6.07) is 2.11. The number of carbonyl (C=O) groups is 3. The predicted octanol–water partition coefficient (Wildman–Crippen LogP) is 4.13. The van der Waals surface area contributed by atoms with Crippen LogP contribution >= 0.6 is 34.4 Å². The summed E-state index contributed by atoms with van der Waals surface area (Å²) >= 11 is 3.85. The number of rotatable bonds is 11. The van der Waals surface area contributed by atoms with E-state index in [1.54, 1.807) is 24.3 Å². The fourth-order valence-electron chi connectivity index (χ4n) is 3.26. The smallest absolute Gasteiger partial charge is 0.341 e. The molecule has 3 rings (SSSR count). The Hall–Kier alpha value is -2.96. The maximum atomic E-state index is 12.7. The minimum Gasteiger partial charge on any atom is -0.465 e. The molecule has 3 N–H and O–H groups in total. The normalized spacial score (nSPS) is 10.8. The molecule has 0 aliphatic carbocycles. The van der Waals surface area contributed by atoms with Crippen molar-refractivity contribution in [3.8, 4) is 11.4 Å². The SMILES string of the molecule is C=CCn1c(SCC(=O)Nc2sc(C(N)=O)c(C)c2C(=O)OC)nnc1-c1csc(CCC)c1. The Morgan fingerprint density at radius 1 is 1.35 bits per heavy atom. The van der Waals surface area contributed by atoms with E-state index in [1.165, 1.54) is 23.7 Å². The van der Waals surface area contributed by atoms with Crippen molar-refractivity contribution in [1.29, 1.82) is 0 Å². The maximum absolute atomic E-state index is 12.7. The first kappa shape index (κ1) is 25.7. The second-order valence-corrected chi connectivity index (χ2v) is 10.2. The van der Waals surface area contributed by atoms with E-state index >= 15 is 0 Å². The number of amides is 2. The lowest BCUT2D eigenvalue weighted by Crippen LogP contribution is -2.16. The molecule has 0 aliphatic heterocycles. The molecule has 0 bridgehead atoms. The molecule has 3 heterocycles. The molecule has 0 atom stereocenters. The molecule has 0 unspecified atom stereocenters. The average Bonchev–Trinajstić information content (AvgIpc) is 3.50. The third kappa shape index (κ3) is 5.57. The van der Waals surface area contributed by atoms with Gasteiger partial charge in [-0.1, -0.05) is 31.2 Å². The Kier molecular flexibility index (Phi) is 8.64. The predicted molar refractivity (Wildman–Crippen MR) is 136 cm³/mol. The Labute approximate surface area is 209 Å². The molecule has 0 fully saturated rings. The fourth-order valence-corrected chi connectivity index (χ4v) is 6.04. The van der Waals surface area contributed by atoms with Crippen LogP contribution in [0.1, 0.15) is 43.8 Å². The highest BCUT2D eigenvalue weighted by atomic mass is 32.2. The third-order valence-electron chi connectivity index (χ3n) is 4.78. The Balaban J connectivity index is 1.77. The molecule has 180 valence electrons. The maximum Gasteiger partial charge on any atom is 0.341 e. The Bertz CT molecular complexity index is 1230. The minimum absolute atomic E-state index is 0.0173. The molecule has 0 aliphatic rings. The summed E-state index contributed by atoms with van der Waals surface area (Å²) in [5.41, 5.74) is 6.87. The van der Waals surface area contributed by atoms with Gasteiger partial charge in [0.2, 0.25) is 5.91 Å². The number of allylic oxidation sites excluding steroid dienone is 1. The number of hydrogen-bond acceptors (Lipinski definition) is 9. The van der Waals surface area contributed by atoms with Crippen LogP contribution in [0.2, 0.25) is 0 Å². The second-order valence-electron chi connectivity index (χ2n) is 7.21. The number of nitrogens with one attached hydrogen (secondary N) is 1. The van der Waals surface area contributed by atoms with Crippen molar-refractivity contribution in [3.05, 3.63) is 45.0 Å². The van der Waals surface area contributed by atoms with E-state index < -0.39 is 11.9 Å². The number of methoxy groups -OCH3 is 1. The van der Waals surface area contributed by atoms with Gasteiger partial charge in [-0.2, -0.15) is 0 Å². The molecule has 12 heteroatoms. The molecule has 3 aromatic heterocycles. The summed E-state index contributed by atoms with van der Waals surface area (Å²) < 4.78 is 6.70. The van der Waals surface area contributed by atoms with Gasteiger partial charge >= 0.3 is 5.97 Å². The van der Waals surface area contributed by atoms with Gasteiger partial charge in [0.15, 0.2) is 11.0 Å². The van der Waals surface area contributed by atoms with Gasteiger partial charge in [0.25, 0.3) is 5.91 Å². The molecule has 9 nitrogen and oxygen atoms in total. The largest absolute Gasteiger partial charge is 0.465 e. The van der Waals surface area contributed by atoms with Gasteiger partial charge in [-0.25, -0.2) is 4.79 Å². The minimum atomic E-state index is -0.678. The van der Waals surface area contributed by atoms with Crippen molar-refractivity contribution in [2.75, 3.05) is 18.2 Å². The van der Waals surface area contributed by atoms with Crippen molar-refractivity contribution >= 4 is 57.2 Å². The quantitative estimate of drug-likeness (QED) is 0.221. The van der Waals surface area contributed by atoms with Gasteiger partial charge in [0.1, 0.15) is 5.00 Å². The summed E-state index contributed by atoms with van der Waals surface area (Å²) in [4.78, 5) is 38.0. The fraction of sp³-hybridized carbons (Fsp3) is 0.318.